The molecule has 1 fully saturated rings. The van der Waals surface area contributed by atoms with Crippen molar-refractivity contribution in [1.29, 1.82) is 0 Å². The summed E-state index contributed by atoms with van der Waals surface area (Å²) < 4.78 is 5.06. The summed E-state index contributed by atoms with van der Waals surface area (Å²) in [6.07, 6.45) is 0.605. The molecule has 0 radical (unpaired) electrons. The third-order valence-electron chi connectivity index (χ3n) is 2.48. The maximum absolute atomic E-state index is 11.1. The maximum Gasteiger partial charge on any atom is 0.185 e. The second-order valence-electron chi connectivity index (χ2n) is 3.21. The fraction of sp³-hybridized carbons (Fsp3) is 0.625. The molecule has 1 heterocycles. The van der Waals surface area contributed by atoms with Gasteiger partial charge in [-0.1, -0.05) is 12.2 Å². The number of carbonyl (C=O) groups excluding carboxylic acids is 1. The van der Waals surface area contributed by atoms with Crippen molar-refractivity contribution in [3.8, 4) is 0 Å². The molecule has 0 spiro atoms. The summed E-state index contributed by atoms with van der Waals surface area (Å²) in [7, 11) is 0. The summed E-state index contributed by atoms with van der Waals surface area (Å²) in [5.41, 5.74) is -1.14. The fourth-order valence-corrected chi connectivity index (χ4v) is 1.66. The first-order valence-electron chi connectivity index (χ1n) is 3.82. The van der Waals surface area contributed by atoms with E-state index in [2.05, 4.69) is 0 Å². The Hall–Kier alpha value is -0.710. The first kappa shape index (κ1) is 7.91. The minimum absolute atomic E-state index is 0.233. The maximum atomic E-state index is 11.1. The lowest BCUT2D eigenvalue weighted by Gasteiger charge is -2.22. The molecule has 2 N–H and O–H groups in total. The minimum atomic E-state index is -1.14. The van der Waals surface area contributed by atoms with E-state index in [4.69, 9.17) is 4.74 Å². The molecular formula is C8H10O4. The second kappa shape index (κ2) is 2.16. The van der Waals surface area contributed by atoms with Crippen LogP contribution in [0.2, 0.25) is 0 Å². The summed E-state index contributed by atoms with van der Waals surface area (Å²) in [6.45, 7) is 1.36. The molecule has 2 rings (SSSR count). The quantitative estimate of drug-likeness (QED) is 0.391. The van der Waals surface area contributed by atoms with Gasteiger partial charge in [0, 0.05) is 0 Å². The van der Waals surface area contributed by atoms with Crippen LogP contribution in [0.4, 0.5) is 0 Å². The van der Waals surface area contributed by atoms with Gasteiger partial charge in [-0.2, -0.15) is 0 Å². The molecule has 4 atom stereocenters. The predicted molar refractivity (Wildman–Crippen MR) is 39.4 cm³/mol. The first-order valence-corrected chi connectivity index (χ1v) is 3.82. The number of rotatable bonds is 1. The monoisotopic (exact) mass is 170 g/mol. The molecule has 1 aliphatic carbocycles. The lowest BCUT2D eigenvalue weighted by Crippen LogP contribution is -2.47. The van der Waals surface area contributed by atoms with Gasteiger partial charge in [-0.25, -0.2) is 0 Å². The molecule has 0 amide bonds. The van der Waals surface area contributed by atoms with E-state index in [9.17, 15) is 15.0 Å². The van der Waals surface area contributed by atoms with Crippen LogP contribution in [0.25, 0.3) is 0 Å². The Balaban J connectivity index is 2.32. The minimum Gasteiger partial charge on any atom is -0.386 e. The van der Waals surface area contributed by atoms with Crippen LogP contribution < -0.4 is 0 Å². The van der Waals surface area contributed by atoms with Gasteiger partial charge in [-0.3, -0.25) is 4.79 Å². The van der Waals surface area contributed by atoms with Gasteiger partial charge in [0.25, 0.3) is 0 Å². The van der Waals surface area contributed by atoms with Gasteiger partial charge < -0.3 is 14.9 Å². The standard InChI is InChI=1S/C8H10O4/c1-4(9)8-6(12-8)3-2-5(10)7(8)11/h2-3,5-7,10-11H,1H3/t5-,6+,7-,8+/m1/s1. The van der Waals surface area contributed by atoms with Crippen molar-refractivity contribution in [3.05, 3.63) is 12.2 Å². The molecule has 4 nitrogen and oxygen atoms in total. The van der Waals surface area contributed by atoms with Gasteiger partial charge in [0.15, 0.2) is 11.4 Å². The molecule has 1 aliphatic heterocycles. The molecule has 1 saturated heterocycles. The average Bonchev–Trinajstić information content (AvgIpc) is 2.73. The lowest BCUT2D eigenvalue weighted by atomic mass is 9.86. The molecule has 0 saturated carbocycles. The molecule has 0 aromatic heterocycles. The van der Waals surface area contributed by atoms with Gasteiger partial charge in [-0.05, 0) is 6.92 Å². The Morgan fingerprint density at radius 1 is 1.50 bits per heavy atom. The molecule has 0 aromatic rings. The van der Waals surface area contributed by atoms with Crippen molar-refractivity contribution in [2.24, 2.45) is 0 Å². The van der Waals surface area contributed by atoms with Gasteiger partial charge in [0.05, 0.1) is 0 Å². The highest BCUT2D eigenvalue weighted by Gasteiger charge is 2.67. The summed E-state index contributed by atoms with van der Waals surface area (Å²) >= 11 is 0. The Morgan fingerprint density at radius 2 is 2.17 bits per heavy atom. The van der Waals surface area contributed by atoms with Crippen LogP contribution >= 0.6 is 0 Å². The zero-order chi connectivity index (χ0) is 8.93. The van der Waals surface area contributed by atoms with E-state index >= 15 is 0 Å². The number of Topliss-reactive ketones (excluding diaryl/α,β-unsaturated/α-hetero) is 1. The summed E-state index contributed by atoms with van der Waals surface area (Å²) in [4.78, 5) is 11.1. The molecule has 0 bridgehead atoms. The Bertz CT molecular complexity index is 260. The van der Waals surface area contributed by atoms with Crippen molar-refractivity contribution in [2.45, 2.75) is 30.8 Å². The van der Waals surface area contributed by atoms with E-state index < -0.39 is 17.8 Å². The van der Waals surface area contributed by atoms with Crippen molar-refractivity contribution in [3.63, 3.8) is 0 Å². The van der Waals surface area contributed by atoms with Crippen molar-refractivity contribution >= 4 is 5.78 Å². The van der Waals surface area contributed by atoms with Gasteiger partial charge >= 0.3 is 0 Å². The van der Waals surface area contributed by atoms with Crippen LogP contribution in [0, 0.1) is 0 Å². The average molecular weight is 170 g/mol. The summed E-state index contributed by atoms with van der Waals surface area (Å²) in [5, 5.41) is 18.7. The van der Waals surface area contributed by atoms with E-state index in [1.807, 2.05) is 0 Å². The van der Waals surface area contributed by atoms with Crippen LogP contribution in [-0.2, 0) is 9.53 Å². The zero-order valence-corrected chi connectivity index (χ0v) is 6.60. The highest BCUT2D eigenvalue weighted by atomic mass is 16.6. The number of aliphatic hydroxyl groups excluding tert-OH is 2. The third-order valence-corrected chi connectivity index (χ3v) is 2.48. The Kier molecular flexibility index (Phi) is 1.42. The van der Waals surface area contributed by atoms with E-state index in [-0.39, 0.29) is 11.9 Å². The van der Waals surface area contributed by atoms with Crippen LogP contribution in [0.3, 0.4) is 0 Å². The number of hydrogen-bond acceptors (Lipinski definition) is 4. The van der Waals surface area contributed by atoms with Crippen molar-refractivity contribution in [2.75, 3.05) is 0 Å². The number of aliphatic hydroxyl groups is 2. The zero-order valence-electron chi connectivity index (χ0n) is 6.60. The normalized spacial score (nSPS) is 50.1. The molecule has 12 heavy (non-hydrogen) atoms. The first-order chi connectivity index (χ1) is 5.59. The number of ether oxygens (including phenoxy) is 1. The fourth-order valence-electron chi connectivity index (χ4n) is 1.66. The largest absolute Gasteiger partial charge is 0.386 e. The van der Waals surface area contributed by atoms with Gasteiger partial charge in [-0.15, -0.1) is 0 Å². The lowest BCUT2D eigenvalue weighted by molar-refractivity contribution is -0.129. The summed E-state index contributed by atoms with van der Waals surface area (Å²) in [6, 6.07) is 0. The highest BCUT2D eigenvalue weighted by molar-refractivity contribution is 5.90. The van der Waals surface area contributed by atoms with Gasteiger partial charge in [0.1, 0.15) is 18.3 Å². The Labute approximate surface area is 69.5 Å². The van der Waals surface area contributed by atoms with Crippen molar-refractivity contribution < 1.29 is 19.7 Å². The SMILES string of the molecule is CC(=O)[C@]12O[C@H]1C=C[C@@H](O)[C@H]2O. The van der Waals surface area contributed by atoms with Crippen LogP contribution in [-0.4, -0.2) is 39.9 Å². The molecule has 66 valence electrons. The number of fused-ring (bicyclic) bond motifs is 1. The third kappa shape index (κ3) is 0.744. The molecular weight excluding hydrogens is 160 g/mol. The van der Waals surface area contributed by atoms with E-state index in [1.54, 1.807) is 6.08 Å². The van der Waals surface area contributed by atoms with Gasteiger partial charge in [0.2, 0.25) is 0 Å². The number of hydrogen-bond donors (Lipinski definition) is 2. The van der Waals surface area contributed by atoms with Crippen LogP contribution in [0.15, 0.2) is 12.2 Å². The highest BCUT2D eigenvalue weighted by Crippen LogP contribution is 2.45. The van der Waals surface area contributed by atoms with Crippen molar-refractivity contribution in [1.82, 2.24) is 0 Å². The van der Waals surface area contributed by atoms with E-state index in [0.717, 1.165) is 0 Å². The molecule has 4 heteroatoms. The van der Waals surface area contributed by atoms with E-state index in [1.165, 1.54) is 13.0 Å². The number of epoxide rings is 1. The summed E-state index contributed by atoms with van der Waals surface area (Å²) in [5.74, 6) is -0.233. The number of carbonyl (C=O) groups is 1. The Morgan fingerprint density at radius 3 is 2.67 bits per heavy atom. The predicted octanol–water partition coefficient (Wildman–Crippen LogP) is -0.995. The molecule has 0 aromatic carbocycles. The van der Waals surface area contributed by atoms with E-state index in [0.29, 0.717) is 0 Å². The molecule has 0 unspecified atom stereocenters. The number of ketones is 1. The topological polar surface area (TPSA) is 70.1 Å². The van der Waals surface area contributed by atoms with Crippen LogP contribution in [0.5, 0.6) is 0 Å². The molecule has 2 aliphatic rings. The van der Waals surface area contributed by atoms with Crippen LogP contribution in [0.1, 0.15) is 6.92 Å². The smallest absolute Gasteiger partial charge is 0.185 e. The second-order valence-corrected chi connectivity index (χ2v) is 3.21.